The van der Waals surface area contributed by atoms with E-state index in [9.17, 15) is 9.59 Å². The minimum Gasteiger partial charge on any atom is -0.335 e. The van der Waals surface area contributed by atoms with E-state index < -0.39 is 0 Å². The Morgan fingerprint density at radius 3 is 2.79 bits per heavy atom. The number of ketones is 1. The molecule has 19 heavy (non-hydrogen) atoms. The van der Waals surface area contributed by atoms with Gasteiger partial charge in [-0.1, -0.05) is 0 Å². The van der Waals surface area contributed by atoms with Crippen LogP contribution in [0.15, 0.2) is 6.07 Å². The van der Waals surface area contributed by atoms with Crippen LogP contribution in [-0.2, 0) is 4.79 Å². The second-order valence-electron chi connectivity index (χ2n) is 5.19. The summed E-state index contributed by atoms with van der Waals surface area (Å²) in [7, 11) is 0. The van der Waals surface area contributed by atoms with Gasteiger partial charge in [0.25, 0.3) is 5.91 Å². The van der Waals surface area contributed by atoms with E-state index in [4.69, 9.17) is 0 Å². The van der Waals surface area contributed by atoms with Gasteiger partial charge in [-0.15, -0.1) is 0 Å². The number of aromatic nitrogens is 2. The zero-order chi connectivity index (χ0) is 14.0. The molecule has 5 heteroatoms. The highest BCUT2D eigenvalue weighted by atomic mass is 16.2. The number of Topliss-reactive ketones (excluding diaryl/α,β-unsaturated/α-hetero) is 1. The first-order chi connectivity index (χ1) is 8.99. The van der Waals surface area contributed by atoms with Gasteiger partial charge in [0.15, 0.2) is 0 Å². The number of amides is 1. The number of hydrogen-bond acceptors (Lipinski definition) is 4. The largest absolute Gasteiger partial charge is 0.335 e. The maximum absolute atomic E-state index is 12.6. The molecule has 5 nitrogen and oxygen atoms in total. The molecule has 0 radical (unpaired) electrons. The number of carbonyl (C=O) groups is 2. The fourth-order valence-corrected chi connectivity index (χ4v) is 2.57. The molecule has 1 fully saturated rings. The van der Waals surface area contributed by atoms with E-state index in [0.29, 0.717) is 17.7 Å². The van der Waals surface area contributed by atoms with Crippen molar-refractivity contribution in [2.24, 2.45) is 0 Å². The van der Waals surface area contributed by atoms with Gasteiger partial charge in [-0.05, 0) is 39.7 Å². The zero-order valence-corrected chi connectivity index (χ0v) is 11.6. The standard InChI is InChI=1S/C14H19N3O2/c1-9-7-13(11(3)16-15-9)14(19)17-6-4-5-12(17)8-10(2)18/h7,12H,4-6,8H2,1-3H3. The van der Waals surface area contributed by atoms with E-state index in [1.807, 2.05) is 11.8 Å². The fourth-order valence-electron chi connectivity index (χ4n) is 2.57. The number of rotatable bonds is 3. The Balaban J connectivity index is 2.23. The first-order valence-corrected chi connectivity index (χ1v) is 6.60. The van der Waals surface area contributed by atoms with Crippen LogP contribution in [0.3, 0.4) is 0 Å². The van der Waals surface area contributed by atoms with Crippen molar-refractivity contribution in [3.63, 3.8) is 0 Å². The zero-order valence-electron chi connectivity index (χ0n) is 11.6. The third kappa shape index (κ3) is 2.97. The van der Waals surface area contributed by atoms with E-state index in [1.165, 1.54) is 0 Å². The van der Waals surface area contributed by atoms with Gasteiger partial charge < -0.3 is 4.90 Å². The summed E-state index contributed by atoms with van der Waals surface area (Å²) in [6.45, 7) is 5.90. The Bertz CT molecular complexity index is 513. The lowest BCUT2D eigenvalue weighted by Gasteiger charge is -2.24. The number of carbonyl (C=O) groups excluding carboxylic acids is 2. The van der Waals surface area contributed by atoms with Crippen LogP contribution in [0.2, 0.25) is 0 Å². The van der Waals surface area contributed by atoms with Crippen LogP contribution in [0.4, 0.5) is 0 Å². The summed E-state index contributed by atoms with van der Waals surface area (Å²) in [6, 6.07) is 1.81. The van der Waals surface area contributed by atoms with Crippen LogP contribution < -0.4 is 0 Å². The highest BCUT2D eigenvalue weighted by Gasteiger charge is 2.31. The summed E-state index contributed by atoms with van der Waals surface area (Å²) in [4.78, 5) is 25.6. The molecule has 0 N–H and O–H groups in total. The average molecular weight is 261 g/mol. The fraction of sp³-hybridized carbons (Fsp3) is 0.571. The molecular formula is C14H19N3O2. The van der Waals surface area contributed by atoms with Gasteiger partial charge in [-0.3, -0.25) is 9.59 Å². The smallest absolute Gasteiger partial charge is 0.256 e. The van der Waals surface area contributed by atoms with E-state index in [-0.39, 0.29) is 17.7 Å². The van der Waals surface area contributed by atoms with E-state index in [2.05, 4.69) is 10.2 Å². The van der Waals surface area contributed by atoms with Crippen molar-refractivity contribution in [3.05, 3.63) is 23.0 Å². The summed E-state index contributed by atoms with van der Waals surface area (Å²) in [5.74, 6) is 0.102. The molecule has 1 atom stereocenters. The Morgan fingerprint density at radius 1 is 1.37 bits per heavy atom. The maximum atomic E-state index is 12.6. The topological polar surface area (TPSA) is 63.2 Å². The third-order valence-corrected chi connectivity index (χ3v) is 3.49. The monoisotopic (exact) mass is 261 g/mol. The molecule has 1 aliphatic heterocycles. The van der Waals surface area contributed by atoms with Crippen molar-refractivity contribution in [3.8, 4) is 0 Å². The molecule has 1 unspecified atom stereocenters. The Hall–Kier alpha value is -1.78. The van der Waals surface area contributed by atoms with E-state index >= 15 is 0 Å². The molecule has 1 amide bonds. The Kier molecular flexibility index (Phi) is 3.93. The molecule has 2 rings (SSSR count). The van der Waals surface area contributed by atoms with Crippen LogP contribution in [0, 0.1) is 13.8 Å². The highest BCUT2D eigenvalue weighted by molar-refractivity contribution is 5.96. The van der Waals surface area contributed by atoms with Crippen molar-refractivity contribution < 1.29 is 9.59 Å². The molecule has 102 valence electrons. The van der Waals surface area contributed by atoms with Crippen molar-refractivity contribution in [2.45, 2.75) is 46.1 Å². The second-order valence-corrected chi connectivity index (χ2v) is 5.19. The molecule has 1 saturated heterocycles. The summed E-state index contributed by atoms with van der Waals surface area (Å²) in [5, 5.41) is 7.93. The Labute approximate surface area is 113 Å². The van der Waals surface area contributed by atoms with Crippen LogP contribution in [0.1, 0.15) is 47.9 Å². The van der Waals surface area contributed by atoms with E-state index in [1.54, 1.807) is 19.9 Å². The van der Waals surface area contributed by atoms with Gasteiger partial charge in [0, 0.05) is 19.0 Å². The van der Waals surface area contributed by atoms with Gasteiger partial charge in [-0.25, -0.2) is 0 Å². The molecule has 2 heterocycles. The second kappa shape index (κ2) is 5.47. The van der Waals surface area contributed by atoms with Gasteiger partial charge >= 0.3 is 0 Å². The molecule has 1 aliphatic rings. The van der Waals surface area contributed by atoms with Gasteiger partial charge in [0.2, 0.25) is 0 Å². The molecule has 0 spiro atoms. The van der Waals surface area contributed by atoms with E-state index in [0.717, 1.165) is 25.1 Å². The van der Waals surface area contributed by atoms with Gasteiger partial charge in [0.05, 0.1) is 17.0 Å². The first-order valence-electron chi connectivity index (χ1n) is 6.60. The molecule has 1 aromatic rings. The Morgan fingerprint density at radius 2 is 2.11 bits per heavy atom. The molecule has 0 bridgehead atoms. The van der Waals surface area contributed by atoms with Crippen molar-refractivity contribution in [1.29, 1.82) is 0 Å². The van der Waals surface area contributed by atoms with Crippen molar-refractivity contribution in [2.75, 3.05) is 6.54 Å². The van der Waals surface area contributed by atoms with Gasteiger partial charge in [0.1, 0.15) is 5.78 Å². The molecular weight excluding hydrogens is 242 g/mol. The normalized spacial score (nSPS) is 18.7. The first kappa shape index (κ1) is 13.6. The number of hydrogen-bond donors (Lipinski definition) is 0. The summed E-state index contributed by atoms with van der Waals surface area (Å²) in [5.41, 5.74) is 1.98. The van der Waals surface area contributed by atoms with Crippen molar-refractivity contribution >= 4 is 11.7 Å². The minimum absolute atomic E-state index is 0.0285. The summed E-state index contributed by atoms with van der Waals surface area (Å²) in [6.07, 6.45) is 2.31. The van der Waals surface area contributed by atoms with Crippen LogP contribution in [0.5, 0.6) is 0 Å². The van der Waals surface area contributed by atoms with Gasteiger partial charge in [-0.2, -0.15) is 10.2 Å². The predicted octanol–water partition coefficient (Wildman–Crippen LogP) is 1.68. The maximum Gasteiger partial charge on any atom is 0.256 e. The molecule has 1 aromatic heterocycles. The SMILES string of the molecule is CC(=O)CC1CCCN1C(=O)c1cc(C)nnc1C. The molecule has 0 aliphatic carbocycles. The number of aryl methyl sites for hydroxylation is 2. The third-order valence-electron chi connectivity index (χ3n) is 3.49. The minimum atomic E-state index is -0.0285. The van der Waals surface area contributed by atoms with Crippen LogP contribution >= 0.6 is 0 Å². The molecule has 0 saturated carbocycles. The number of likely N-dealkylation sites (tertiary alicyclic amines) is 1. The summed E-state index contributed by atoms with van der Waals surface area (Å²) < 4.78 is 0. The highest BCUT2D eigenvalue weighted by Crippen LogP contribution is 2.23. The molecule has 0 aromatic carbocycles. The number of nitrogens with zero attached hydrogens (tertiary/aromatic N) is 3. The van der Waals surface area contributed by atoms with Crippen LogP contribution in [-0.4, -0.2) is 39.4 Å². The van der Waals surface area contributed by atoms with Crippen LogP contribution in [0.25, 0.3) is 0 Å². The lowest BCUT2D eigenvalue weighted by Crippen LogP contribution is -2.37. The van der Waals surface area contributed by atoms with Crippen molar-refractivity contribution in [1.82, 2.24) is 15.1 Å². The lowest BCUT2D eigenvalue weighted by molar-refractivity contribution is -0.117. The predicted molar refractivity (Wildman–Crippen MR) is 70.9 cm³/mol. The quantitative estimate of drug-likeness (QED) is 0.830. The summed E-state index contributed by atoms with van der Waals surface area (Å²) >= 11 is 0. The average Bonchev–Trinajstić information content (AvgIpc) is 2.78. The lowest BCUT2D eigenvalue weighted by atomic mass is 10.1.